The maximum atomic E-state index is 4.35. The van der Waals surface area contributed by atoms with Gasteiger partial charge in [-0.25, -0.2) is 0 Å². The highest BCUT2D eigenvalue weighted by atomic mass is 127. The molecule has 146 valence electrons. The van der Waals surface area contributed by atoms with Crippen LogP contribution in [0.25, 0.3) is 0 Å². The molecule has 2 heterocycles. The summed E-state index contributed by atoms with van der Waals surface area (Å²) in [4.78, 5) is 11.2. The highest BCUT2D eigenvalue weighted by molar-refractivity contribution is 14.0. The van der Waals surface area contributed by atoms with E-state index < -0.39 is 0 Å². The quantitative estimate of drug-likeness (QED) is 0.380. The molecule has 0 saturated carbocycles. The molecule has 5 nitrogen and oxygen atoms in total. The van der Waals surface area contributed by atoms with Crippen LogP contribution >= 0.6 is 24.0 Å². The number of aliphatic imine (C=N–C) groups is 1. The number of halogens is 1. The average Bonchev–Trinajstić information content (AvgIpc) is 2.70. The van der Waals surface area contributed by atoms with Crippen molar-refractivity contribution in [3.05, 3.63) is 65.5 Å². The SMILES string of the molecule is CN=C(NCCc1ccccn1)NCC(C)N1CCc2ccccc2C1.I. The van der Waals surface area contributed by atoms with Crippen LogP contribution in [0.1, 0.15) is 23.7 Å². The van der Waals surface area contributed by atoms with Gasteiger partial charge in [0, 0.05) is 57.6 Å². The van der Waals surface area contributed by atoms with E-state index in [1.54, 1.807) is 0 Å². The summed E-state index contributed by atoms with van der Waals surface area (Å²) >= 11 is 0. The molecular weight excluding hydrogens is 449 g/mol. The Balaban J connectivity index is 0.00000261. The van der Waals surface area contributed by atoms with Crippen LogP contribution in [0.5, 0.6) is 0 Å². The third kappa shape index (κ3) is 6.46. The predicted molar refractivity (Wildman–Crippen MR) is 123 cm³/mol. The van der Waals surface area contributed by atoms with Crippen molar-refractivity contribution in [1.29, 1.82) is 0 Å². The first-order valence-electron chi connectivity index (χ1n) is 9.41. The van der Waals surface area contributed by atoms with Gasteiger partial charge in [0.25, 0.3) is 0 Å². The van der Waals surface area contributed by atoms with Crippen molar-refractivity contribution in [3.63, 3.8) is 0 Å². The lowest BCUT2D eigenvalue weighted by Gasteiger charge is -2.34. The van der Waals surface area contributed by atoms with Gasteiger partial charge < -0.3 is 10.6 Å². The Morgan fingerprint density at radius 2 is 1.93 bits per heavy atom. The van der Waals surface area contributed by atoms with Crippen LogP contribution in [-0.2, 0) is 19.4 Å². The maximum absolute atomic E-state index is 4.35. The number of hydrogen-bond acceptors (Lipinski definition) is 3. The Morgan fingerprint density at radius 1 is 1.15 bits per heavy atom. The molecule has 0 saturated heterocycles. The zero-order valence-corrected chi connectivity index (χ0v) is 18.5. The van der Waals surface area contributed by atoms with Crippen molar-refractivity contribution in [3.8, 4) is 0 Å². The fourth-order valence-electron chi connectivity index (χ4n) is 3.34. The number of aromatic nitrogens is 1. The smallest absolute Gasteiger partial charge is 0.191 e. The average molecular weight is 479 g/mol. The number of nitrogens with one attached hydrogen (secondary N) is 2. The summed E-state index contributed by atoms with van der Waals surface area (Å²) < 4.78 is 0. The van der Waals surface area contributed by atoms with E-state index in [-0.39, 0.29) is 24.0 Å². The minimum atomic E-state index is 0. The van der Waals surface area contributed by atoms with Crippen LogP contribution in [0.3, 0.4) is 0 Å². The van der Waals surface area contributed by atoms with Crippen molar-refractivity contribution in [2.75, 3.05) is 26.7 Å². The fraction of sp³-hybridized carbons (Fsp3) is 0.429. The Bertz CT molecular complexity index is 720. The Morgan fingerprint density at radius 3 is 2.67 bits per heavy atom. The second-order valence-corrected chi connectivity index (χ2v) is 6.79. The lowest BCUT2D eigenvalue weighted by Crippen LogP contribution is -2.47. The normalized spacial score (nSPS) is 15.4. The molecule has 0 amide bonds. The molecule has 6 heteroatoms. The van der Waals surface area contributed by atoms with Crippen LogP contribution in [0.15, 0.2) is 53.7 Å². The molecule has 2 N–H and O–H groups in total. The van der Waals surface area contributed by atoms with E-state index in [0.29, 0.717) is 6.04 Å². The number of nitrogens with zero attached hydrogens (tertiary/aromatic N) is 3. The molecule has 1 aromatic heterocycles. The van der Waals surface area contributed by atoms with Crippen molar-refractivity contribution >= 4 is 29.9 Å². The van der Waals surface area contributed by atoms with Gasteiger partial charge in [0.2, 0.25) is 0 Å². The second-order valence-electron chi connectivity index (χ2n) is 6.79. The molecule has 0 spiro atoms. The van der Waals surface area contributed by atoms with Gasteiger partial charge in [-0.1, -0.05) is 30.3 Å². The monoisotopic (exact) mass is 479 g/mol. The molecular formula is C21H30IN5. The topological polar surface area (TPSA) is 52.6 Å². The zero-order valence-electron chi connectivity index (χ0n) is 16.2. The number of guanidine groups is 1. The second kappa shape index (κ2) is 11.2. The van der Waals surface area contributed by atoms with E-state index in [9.17, 15) is 0 Å². The Hall–Kier alpha value is -1.67. The van der Waals surface area contributed by atoms with Crippen LogP contribution in [-0.4, -0.2) is 48.6 Å². The summed E-state index contributed by atoms with van der Waals surface area (Å²) in [6.07, 6.45) is 3.86. The van der Waals surface area contributed by atoms with Gasteiger partial charge in [-0.3, -0.25) is 14.9 Å². The van der Waals surface area contributed by atoms with Crippen LogP contribution in [0, 0.1) is 0 Å². The molecule has 3 rings (SSSR count). The molecule has 1 aliphatic heterocycles. The highest BCUT2D eigenvalue weighted by Gasteiger charge is 2.20. The van der Waals surface area contributed by atoms with E-state index in [2.05, 4.69) is 56.7 Å². The summed E-state index contributed by atoms with van der Waals surface area (Å²) in [6.45, 7) is 6.13. The standard InChI is InChI=1S/C21H29N5.HI/c1-17(26-14-11-18-7-3-4-8-19(18)16-26)15-25-21(22-2)24-13-10-20-9-5-6-12-23-20;/h3-9,12,17H,10-11,13-16H2,1-2H3,(H2,22,24,25);1H. The van der Waals surface area contributed by atoms with Gasteiger partial charge in [0.05, 0.1) is 0 Å². The van der Waals surface area contributed by atoms with Crippen LogP contribution in [0.2, 0.25) is 0 Å². The van der Waals surface area contributed by atoms with Crippen molar-refractivity contribution in [1.82, 2.24) is 20.5 Å². The molecule has 1 atom stereocenters. The van der Waals surface area contributed by atoms with Gasteiger partial charge in [-0.05, 0) is 36.6 Å². The lowest BCUT2D eigenvalue weighted by atomic mass is 9.99. The zero-order chi connectivity index (χ0) is 18.2. The van der Waals surface area contributed by atoms with Gasteiger partial charge in [-0.15, -0.1) is 24.0 Å². The highest BCUT2D eigenvalue weighted by Crippen LogP contribution is 2.19. The lowest BCUT2D eigenvalue weighted by molar-refractivity contribution is 0.191. The molecule has 0 fully saturated rings. The van der Waals surface area contributed by atoms with E-state index >= 15 is 0 Å². The molecule has 1 aromatic carbocycles. The van der Waals surface area contributed by atoms with Gasteiger partial charge in [-0.2, -0.15) is 0 Å². The van der Waals surface area contributed by atoms with E-state index in [0.717, 1.165) is 50.7 Å². The Kier molecular flexibility index (Phi) is 9.00. The first-order valence-corrected chi connectivity index (χ1v) is 9.41. The van der Waals surface area contributed by atoms with Gasteiger partial charge >= 0.3 is 0 Å². The number of benzene rings is 1. The third-order valence-corrected chi connectivity index (χ3v) is 4.97. The summed E-state index contributed by atoms with van der Waals surface area (Å²) in [5, 5.41) is 6.83. The largest absolute Gasteiger partial charge is 0.356 e. The van der Waals surface area contributed by atoms with E-state index in [1.165, 1.54) is 11.1 Å². The maximum Gasteiger partial charge on any atom is 0.191 e. The predicted octanol–water partition coefficient (Wildman–Crippen LogP) is 2.85. The van der Waals surface area contributed by atoms with Crippen LogP contribution in [0.4, 0.5) is 0 Å². The summed E-state index contributed by atoms with van der Waals surface area (Å²) in [5.41, 5.74) is 4.05. The van der Waals surface area contributed by atoms with Gasteiger partial charge in [0.15, 0.2) is 5.96 Å². The number of pyridine rings is 1. The molecule has 0 aliphatic carbocycles. The van der Waals surface area contributed by atoms with Crippen molar-refractivity contribution in [2.45, 2.75) is 32.4 Å². The van der Waals surface area contributed by atoms with Crippen molar-refractivity contribution in [2.24, 2.45) is 4.99 Å². The fourth-order valence-corrected chi connectivity index (χ4v) is 3.34. The molecule has 2 aromatic rings. The third-order valence-electron chi connectivity index (χ3n) is 4.97. The summed E-state index contributed by atoms with van der Waals surface area (Å²) in [6, 6.07) is 15.2. The minimum Gasteiger partial charge on any atom is -0.356 e. The van der Waals surface area contributed by atoms with Gasteiger partial charge in [0.1, 0.15) is 0 Å². The van der Waals surface area contributed by atoms with E-state index in [1.807, 2.05) is 31.4 Å². The van der Waals surface area contributed by atoms with Crippen LogP contribution < -0.4 is 10.6 Å². The Labute approximate surface area is 179 Å². The number of hydrogen-bond donors (Lipinski definition) is 2. The number of fused-ring (bicyclic) bond motifs is 1. The molecule has 1 unspecified atom stereocenters. The summed E-state index contributed by atoms with van der Waals surface area (Å²) in [7, 11) is 1.82. The minimum absolute atomic E-state index is 0. The molecule has 27 heavy (non-hydrogen) atoms. The molecule has 1 aliphatic rings. The first-order chi connectivity index (χ1) is 12.8. The summed E-state index contributed by atoms with van der Waals surface area (Å²) in [5.74, 6) is 0.852. The molecule has 0 bridgehead atoms. The number of rotatable bonds is 6. The first kappa shape index (κ1) is 21.6. The van der Waals surface area contributed by atoms with Crippen molar-refractivity contribution < 1.29 is 0 Å². The van der Waals surface area contributed by atoms with E-state index in [4.69, 9.17) is 0 Å². The molecule has 0 radical (unpaired) electrons.